The van der Waals surface area contributed by atoms with Crippen molar-refractivity contribution in [2.45, 2.75) is 37.3 Å². The summed E-state index contributed by atoms with van der Waals surface area (Å²) in [6, 6.07) is 7.49. The number of aromatic nitrogens is 2. The Morgan fingerprint density at radius 1 is 1.19 bits per heavy atom. The van der Waals surface area contributed by atoms with E-state index < -0.39 is 11.7 Å². The normalized spacial score (nSPS) is 24.3. The molecular formula is C20H21F3N3Y-. The minimum atomic E-state index is -4.26. The van der Waals surface area contributed by atoms with Crippen molar-refractivity contribution in [1.82, 2.24) is 14.9 Å². The fourth-order valence-corrected chi connectivity index (χ4v) is 4.23. The van der Waals surface area contributed by atoms with E-state index in [4.69, 9.17) is 0 Å². The van der Waals surface area contributed by atoms with Crippen molar-refractivity contribution < 1.29 is 45.9 Å². The summed E-state index contributed by atoms with van der Waals surface area (Å²) < 4.78 is 38.2. The van der Waals surface area contributed by atoms with E-state index in [2.05, 4.69) is 21.1 Å². The quantitative estimate of drug-likeness (QED) is 0.495. The number of fused-ring (bicyclic) bond motifs is 1. The summed E-state index contributed by atoms with van der Waals surface area (Å²) in [7, 11) is 0. The van der Waals surface area contributed by atoms with Gasteiger partial charge in [0.15, 0.2) is 0 Å². The molecule has 1 saturated carbocycles. The number of aryl methyl sites for hydroxylation is 1. The summed E-state index contributed by atoms with van der Waals surface area (Å²) >= 11 is 0. The van der Waals surface area contributed by atoms with E-state index in [0.29, 0.717) is 5.92 Å². The fourth-order valence-electron chi connectivity index (χ4n) is 4.23. The monoisotopic (exact) mass is 449 g/mol. The number of rotatable bonds is 6. The van der Waals surface area contributed by atoms with Crippen LogP contribution >= 0.6 is 0 Å². The molecule has 1 aromatic heterocycles. The topological polar surface area (TPSA) is 29.0 Å². The zero-order chi connectivity index (χ0) is 18.2. The van der Waals surface area contributed by atoms with Crippen molar-refractivity contribution in [1.29, 1.82) is 0 Å². The van der Waals surface area contributed by atoms with Gasteiger partial charge in [0.2, 0.25) is 0 Å². The van der Waals surface area contributed by atoms with Crippen LogP contribution in [0.25, 0.3) is 0 Å². The molecule has 0 amide bonds. The van der Waals surface area contributed by atoms with E-state index in [1.807, 2.05) is 0 Å². The van der Waals surface area contributed by atoms with Gasteiger partial charge in [-0.3, -0.25) is 0 Å². The number of piperidine rings is 1. The molecular weight excluding hydrogens is 428 g/mol. The van der Waals surface area contributed by atoms with Crippen LogP contribution in [0.15, 0.2) is 36.5 Å². The Balaban J connectivity index is 0.00000210. The van der Waals surface area contributed by atoms with Crippen molar-refractivity contribution in [3.63, 3.8) is 0 Å². The van der Waals surface area contributed by atoms with Gasteiger partial charge in [-0.15, -0.1) is 6.07 Å². The van der Waals surface area contributed by atoms with Crippen LogP contribution in [-0.4, -0.2) is 34.5 Å². The molecule has 2 aromatic rings. The molecule has 1 aliphatic heterocycles. The van der Waals surface area contributed by atoms with Gasteiger partial charge in [0.1, 0.15) is 0 Å². The number of halogens is 3. The number of hydrogen-bond acceptors (Lipinski definition) is 3. The molecule has 3 nitrogen and oxygen atoms in total. The Morgan fingerprint density at radius 3 is 2.63 bits per heavy atom. The summed E-state index contributed by atoms with van der Waals surface area (Å²) in [5.74, 6) is 1.42. The molecule has 1 radical (unpaired) electrons. The van der Waals surface area contributed by atoms with Gasteiger partial charge in [0.05, 0.1) is 5.56 Å². The number of hydrogen-bond donors (Lipinski definition) is 0. The molecule has 27 heavy (non-hydrogen) atoms. The first kappa shape index (κ1) is 20.9. The van der Waals surface area contributed by atoms with Gasteiger partial charge in [-0.05, 0) is 49.4 Å². The maximum Gasteiger partial charge on any atom is 0.416 e. The summed E-state index contributed by atoms with van der Waals surface area (Å²) in [5.41, 5.74) is 0.582. The van der Waals surface area contributed by atoms with Crippen LogP contribution in [0.1, 0.15) is 36.2 Å². The Morgan fingerprint density at radius 2 is 1.96 bits per heavy atom. The molecule has 2 atom stereocenters. The molecule has 0 bridgehead atoms. The SMILES string of the molecule is FC(F)(F)c1ccc(C23CC2CN(CCCCc2n[c-]ccn2)C3)cc1.[Y]. The molecule has 2 fully saturated rings. The predicted molar refractivity (Wildman–Crippen MR) is 91.5 cm³/mol. The van der Waals surface area contributed by atoms with Gasteiger partial charge >= 0.3 is 6.18 Å². The van der Waals surface area contributed by atoms with Crippen LogP contribution in [0.2, 0.25) is 0 Å². The predicted octanol–water partition coefficient (Wildman–Crippen LogP) is 3.89. The minimum absolute atomic E-state index is 0. The second-order valence-corrected chi connectivity index (χ2v) is 7.43. The fraction of sp³-hybridized carbons (Fsp3) is 0.500. The average molecular weight is 449 g/mol. The van der Waals surface area contributed by atoms with Crippen LogP contribution in [0.5, 0.6) is 0 Å². The Hall–Kier alpha value is -0.846. The second kappa shape index (κ2) is 8.26. The van der Waals surface area contributed by atoms with Gasteiger partial charge in [-0.25, -0.2) is 0 Å². The average Bonchev–Trinajstić information content (AvgIpc) is 3.21. The Kier molecular flexibility index (Phi) is 6.39. The molecule has 1 aromatic carbocycles. The molecule has 4 rings (SSSR count). The number of likely N-dealkylation sites (tertiary alicyclic amines) is 1. The number of benzene rings is 1. The van der Waals surface area contributed by atoms with Crippen LogP contribution < -0.4 is 0 Å². The van der Waals surface area contributed by atoms with E-state index in [9.17, 15) is 13.2 Å². The van der Waals surface area contributed by atoms with E-state index in [1.165, 1.54) is 12.1 Å². The van der Waals surface area contributed by atoms with Crippen molar-refractivity contribution in [2.75, 3.05) is 19.6 Å². The molecule has 2 unspecified atom stereocenters. The van der Waals surface area contributed by atoms with Crippen molar-refractivity contribution in [3.8, 4) is 0 Å². The zero-order valence-electron chi connectivity index (χ0n) is 15.0. The van der Waals surface area contributed by atoms with Crippen LogP contribution in [0, 0.1) is 12.1 Å². The van der Waals surface area contributed by atoms with Crippen molar-refractivity contribution >= 4 is 0 Å². The van der Waals surface area contributed by atoms with E-state index >= 15 is 0 Å². The molecule has 141 valence electrons. The molecule has 2 aliphatic rings. The smallest absolute Gasteiger partial charge is 0.373 e. The molecule has 1 saturated heterocycles. The van der Waals surface area contributed by atoms with Gasteiger partial charge in [0, 0.05) is 57.0 Å². The molecule has 1 aliphatic carbocycles. The second-order valence-electron chi connectivity index (χ2n) is 7.43. The van der Waals surface area contributed by atoms with E-state index in [1.54, 1.807) is 24.4 Å². The first-order valence-corrected chi connectivity index (χ1v) is 9.05. The molecule has 0 spiro atoms. The van der Waals surface area contributed by atoms with Gasteiger partial charge < -0.3 is 14.9 Å². The van der Waals surface area contributed by atoms with Gasteiger partial charge in [-0.1, -0.05) is 30.9 Å². The van der Waals surface area contributed by atoms with Crippen LogP contribution in [-0.2, 0) is 50.7 Å². The number of nitrogens with zero attached hydrogens (tertiary/aromatic N) is 3. The summed E-state index contributed by atoms with van der Waals surface area (Å²) in [6.07, 6.45) is 4.32. The largest absolute Gasteiger partial charge is 0.416 e. The molecule has 2 heterocycles. The number of alkyl halides is 3. The summed E-state index contributed by atoms with van der Waals surface area (Å²) in [4.78, 5) is 10.8. The van der Waals surface area contributed by atoms with Crippen molar-refractivity contribution in [3.05, 3.63) is 59.7 Å². The van der Waals surface area contributed by atoms with Gasteiger partial charge in [-0.2, -0.15) is 13.2 Å². The first-order chi connectivity index (χ1) is 12.5. The standard InChI is InChI=1S/C20H21F3N3.Y/c21-20(22,23)16-7-5-15(6-8-16)19-12-17(19)13-26(14-19)11-2-1-4-18-24-9-3-10-25-18;/h3,5-9,17H,1-2,4,11-14H2;/q-1;. The molecule has 0 N–H and O–H groups in total. The van der Waals surface area contributed by atoms with Crippen LogP contribution in [0.4, 0.5) is 13.2 Å². The maximum absolute atomic E-state index is 12.7. The maximum atomic E-state index is 12.7. The number of unbranched alkanes of at least 4 members (excludes halogenated alkanes) is 1. The third kappa shape index (κ3) is 4.60. The zero-order valence-corrected chi connectivity index (χ0v) is 17.9. The summed E-state index contributed by atoms with van der Waals surface area (Å²) in [5, 5.41) is 0. The van der Waals surface area contributed by atoms with Crippen molar-refractivity contribution in [2.24, 2.45) is 5.92 Å². The minimum Gasteiger partial charge on any atom is -0.373 e. The third-order valence-electron chi connectivity index (χ3n) is 5.69. The summed E-state index contributed by atoms with van der Waals surface area (Å²) in [6.45, 7) is 3.03. The third-order valence-corrected chi connectivity index (χ3v) is 5.69. The van der Waals surface area contributed by atoms with E-state index in [0.717, 1.165) is 56.7 Å². The Labute approximate surface area is 182 Å². The Bertz CT molecular complexity index is 751. The van der Waals surface area contributed by atoms with Gasteiger partial charge in [0.25, 0.3) is 0 Å². The van der Waals surface area contributed by atoms with E-state index in [-0.39, 0.29) is 38.1 Å². The van der Waals surface area contributed by atoms with Crippen LogP contribution in [0.3, 0.4) is 0 Å². The first-order valence-electron chi connectivity index (χ1n) is 9.05. The molecule has 7 heteroatoms.